The number of fused-ring (bicyclic) bond motifs is 4. The van der Waals surface area contributed by atoms with Gasteiger partial charge < -0.3 is 9.11 Å². The van der Waals surface area contributed by atoms with Crippen molar-refractivity contribution in [3.05, 3.63) is 182 Å². The molecule has 4 saturated carbocycles. The summed E-state index contributed by atoms with van der Waals surface area (Å²) in [7, 11) is -11.0. The maximum absolute atomic E-state index is 13.0. The highest BCUT2D eigenvalue weighted by Crippen LogP contribution is 2.53. The number of halogens is 4. The van der Waals surface area contributed by atoms with Gasteiger partial charge in [0.2, 0.25) is 0 Å². The quantitative estimate of drug-likeness (QED) is 0.0685. The standard InChI is InChI=1S/2C18H15S.2C9H14F2O3S/c2*1-4-10-16(11-5-1)19(17-12-6-2-7-13-17)18-14-8-3-9-15-18;2*10-9(11,15(12,13)14)5-8-4-6-1-2-7(8)3-6/h2*1-15H;2*6-8H,1-5H2,(H,12,13,14)/q2*+1;;/p-2. The molecule has 6 nitrogen and oxygen atoms in total. The van der Waals surface area contributed by atoms with Gasteiger partial charge in [-0.05, 0) is 147 Å². The Bertz CT molecular complexity index is 2310. The summed E-state index contributed by atoms with van der Waals surface area (Å²) in [5.74, 6) is 0.825. The Morgan fingerprint density at radius 1 is 0.382 bits per heavy atom. The molecule has 4 aliphatic carbocycles. The second-order valence-electron chi connectivity index (χ2n) is 18.0. The lowest BCUT2D eigenvalue weighted by Gasteiger charge is -2.27. The fraction of sp³-hybridized carbons (Fsp3) is 0.333. The minimum absolute atomic E-state index is 0.0146. The van der Waals surface area contributed by atoms with E-state index < -0.39 is 43.6 Å². The van der Waals surface area contributed by atoms with Crippen LogP contribution in [0.25, 0.3) is 0 Å². The second kappa shape index (κ2) is 23.0. The minimum Gasteiger partial charge on any atom is -0.743 e. The molecular weight excluding hydrogens is 949 g/mol. The van der Waals surface area contributed by atoms with E-state index in [1.54, 1.807) is 0 Å². The zero-order valence-corrected chi connectivity index (χ0v) is 40.7. The van der Waals surface area contributed by atoms with Crippen LogP contribution in [0.3, 0.4) is 0 Å². The maximum atomic E-state index is 13.0. The number of rotatable bonds is 12. The van der Waals surface area contributed by atoms with E-state index in [0.29, 0.717) is 24.7 Å². The van der Waals surface area contributed by atoms with Crippen LogP contribution in [-0.4, -0.2) is 36.5 Å². The van der Waals surface area contributed by atoms with Crippen LogP contribution in [0.15, 0.2) is 211 Å². The van der Waals surface area contributed by atoms with E-state index in [1.165, 1.54) is 29.4 Å². The number of hydrogen-bond donors (Lipinski definition) is 0. The molecule has 0 heterocycles. The highest BCUT2D eigenvalue weighted by atomic mass is 32.2. The molecular formula is C54H56F4O6S4. The molecule has 10 rings (SSSR count). The van der Waals surface area contributed by atoms with Gasteiger partial charge in [-0.3, -0.25) is 0 Å². The summed E-state index contributed by atoms with van der Waals surface area (Å²) >= 11 is 0. The first-order valence-corrected chi connectivity index (χ1v) is 28.2. The Balaban J connectivity index is 0.000000135. The van der Waals surface area contributed by atoms with Gasteiger partial charge in [-0.25, -0.2) is 16.8 Å². The zero-order valence-electron chi connectivity index (χ0n) is 37.5. The molecule has 0 saturated heterocycles. The van der Waals surface area contributed by atoms with Crippen LogP contribution in [0.4, 0.5) is 17.6 Å². The Morgan fingerprint density at radius 3 is 0.765 bits per heavy atom. The first kappa shape index (κ1) is 51.4. The molecule has 6 unspecified atom stereocenters. The van der Waals surface area contributed by atoms with Crippen LogP contribution in [0, 0.1) is 35.5 Å². The van der Waals surface area contributed by atoms with Crippen molar-refractivity contribution in [2.24, 2.45) is 35.5 Å². The number of alkyl halides is 4. The molecule has 0 radical (unpaired) electrons. The molecule has 0 amide bonds. The van der Waals surface area contributed by atoms with Gasteiger partial charge in [0.15, 0.2) is 49.6 Å². The summed E-state index contributed by atoms with van der Waals surface area (Å²) in [6, 6.07) is 64.3. The third-order valence-electron chi connectivity index (χ3n) is 13.4. The monoisotopic (exact) mass is 1000 g/mol. The van der Waals surface area contributed by atoms with Crippen molar-refractivity contribution in [1.29, 1.82) is 0 Å². The highest BCUT2D eigenvalue weighted by molar-refractivity contribution is 7.97. The van der Waals surface area contributed by atoms with Gasteiger partial charge in [0, 0.05) is 12.8 Å². The van der Waals surface area contributed by atoms with Gasteiger partial charge in [0.25, 0.3) is 0 Å². The van der Waals surface area contributed by atoms with E-state index in [0.717, 1.165) is 38.5 Å². The molecule has 14 heteroatoms. The van der Waals surface area contributed by atoms with Crippen molar-refractivity contribution in [3.8, 4) is 0 Å². The van der Waals surface area contributed by atoms with Crippen molar-refractivity contribution >= 4 is 42.0 Å². The van der Waals surface area contributed by atoms with Crippen LogP contribution in [0.2, 0.25) is 0 Å². The van der Waals surface area contributed by atoms with E-state index in [9.17, 15) is 43.5 Å². The lowest BCUT2D eigenvalue weighted by Crippen LogP contribution is -2.32. The topological polar surface area (TPSA) is 114 Å². The molecule has 6 aromatic rings. The lowest BCUT2D eigenvalue weighted by molar-refractivity contribution is 0.0412. The second-order valence-corrected chi connectivity index (χ2v) is 25.0. The molecule has 6 aromatic carbocycles. The fourth-order valence-corrected chi connectivity index (χ4v) is 15.3. The Morgan fingerprint density at radius 2 is 0.603 bits per heavy atom. The first-order valence-electron chi connectivity index (χ1n) is 22.9. The number of hydrogen-bond acceptors (Lipinski definition) is 6. The van der Waals surface area contributed by atoms with E-state index in [-0.39, 0.29) is 45.5 Å². The van der Waals surface area contributed by atoms with Crippen LogP contribution in [-0.2, 0) is 42.0 Å². The van der Waals surface area contributed by atoms with Crippen molar-refractivity contribution in [2.45, 2.75) is 104 Å². The highest BCUT2D eigenvalue weighted by Gasteiger charge is 2.48. The molecule has 0 spiro atoms. The molecule has 0 N–H and O–H groups in total. The third kappa shape index (κ3) is 13.5. The van der Waals surface area contributed by atoms with E-state index >= 15 is 0 Å². The maximum Gasteiger partial charge on any atom is 0.334 e. The zero-order chi connectivity index (χ0) is 48.4. The van der Waals surface area contributed by atoms with Gasteiger partial charge in [0.1, 0.15) is 0 Å². The molecule has 6 atom stereocenters. The summed E-state index contributed by atoms with van der Waals surface area (Å²) < 4.78 is 114. The molecule has 0 aromatic heterocycles. The van der Waals surface area contributed by atoms with E-state index in [1.807, 2.05) is 0 Å². The molecule has 68 heavy (non-hydrogen) atoms. The van der Waals surface area contributed by atoms with Gasteiger partial charge in [0.05, 0.1) is 21.8 Å². The van der Waals surface area contributed by atoms with Gasteiger partial charge in [-0.2, -0.15) is 17.6 Å². The summed E-state index contributed by atoms with van der Waals surface area (Å²) in [5.41, 5.74) is 0. The lowest BCUT2D eigenvalue weighted by atomic mass is 9.86. The van der Waals surface area contributed by atoms with E-state index in [4.69, 9.17) is 0 Å². The Kier molecular flexibility index (Phi) is 17.4. The average molecular weight is 1010 g/mol. The third-order valence-corrected chi connectivity index (χ3v) is 19.6. The van der Waals surface area contributed by atoms with Crippen LogP contribution >= 0.6 is 0 Å². The summed E-state index contributed by atoms with van der Waals surface area (Å²) in [5, 5.41) is -8.16. The van der Waals surface area contributed by atoms with E-state index in [2.05, 4.69) is 182 Å². The molecule has 360 valence electrons. The minimum atomic E-state index is -5.49. The molecule has 4 bridgehead atoms. The van der Waals surface area contributed by atoms with Gasteiger partial charge in [-0.15, -0.1) is 0 Å². The molecule has 0 aliphatic heterocycles. The normalized spacial score (nSPS) is 21.8. The molecule has 4 fully saturated rings. The fourth-order valence-electron chi connectivity index (χ4n) is 10.2. The van der Waals surface area contributed by atoms with Crippen molar-refractivity contribution < 1.29 is 43.5 Å². The van der Waals surface area contributed by atoms with Gasteiger partial charge >= 0.3 is 10.5 Å². The SMILES string of the molecule is O=S(=O)([O-])C(F)(F)CC1CC2CCC1C2.O=S(=O)([O-])C(F)(F)CC1CC2CCC1C2.c1ccc([S+](c2ccccc2)c2ccccc2)cc1.c1ccc([S+](c2ccccc2)c2ccccc2)cc1. The Hall–Kier alpha value is -4.44. The van der Waals surface area contributed by atoms with Crippen LogP contribution in [0.1, 0.15) is 64.2 Å². The smallest absolute Gasteiger partial charge is 0.334 e. The average Bonchev–Trinajstić information content (AvgIpc) is 4.16. The Labute approximate surface area is 404 Å². The summed E-state index contributed by atoms with van der Waals surface area (Å²) in [4.78, 5) is 8.17. The number of benzene rings is 6. The first-order chi connectivity index (χ1) is 32.5. The predicted octanol–water partition coefficient (Wildman–Crippen LogP) is 13.5. The van der Waals surface area contributed by atoms with Crippen LogP contribution in [0.5, 0.6) is 0 Å². The predicted molar refractivity (Wildman–Crippen MR) is 259 cm³/mol. The largest absolute Gasteiger partial charge is 0.743 e. The van der Waals surface area contributed by atoms with Crippen molar-refractivity contribution in [3.63, 3.8) is 0 Å². The summed E-state index contributed by atoms with van der Waals surface area (Å²) in [6.45, 7) is 0. The van der Waals surface area contributed by atoms with Gasteiger partial charge in [-0.1, -0.05) is 122 Å². The summed E-state index contributed by atoms with van der Waals surface area (Å²) in [6.07, 6.45) is 5.58. The van der Waals surface area contributed by atoms with Crippen LogP contribution < -0.4 is 0 Å². The van der Waals surface area contributed by atoms with Crippen molar-refractivity contribution in [1.82, 2.24) is 0 Å². The van der Waals surface area contributed by atoms with Crippen molar-refractivity contribution in [2.75, 3.05) is 0 Å². The molecule has 4 aliphatic rings.